The first-order chi connectivity index (χ1) is 13.6. The van der Waals surface area contributed by atoms with Crippen molar-refractivity contribution in [1.82, 2.24) is 9.97 Å². The summed E-state index contributed by atoms with van der Waals surface area (Å²) in [6, 6.07) is 9.00. The van der Waals surface area contributed by atoms with E-state index in [2.05, 4.69) is 9.97 Å². The number of thiophene rings is 1. The van der Waals surface area contributed by atoms with Gasteiger partial charge in [0.2, 0.25) is 0 Å². The number of carbonyl (C=O) groups is 1. The van der Waals surface area contributed by atoms with Gasteiger partial charge in [-0.15, -0.1) is 11.3 Å². The Morgan fingerprint density at radius 2 is 2.18 bits per heavy atom. The zero-order valence-corrected chi connectivity index (χ0v) is 16.4. The van der Waals surface area contributed by atoms with Gasteiger partial charge in [-0.25, -0.2) is 4.98 Å². The number of aromatic amines is 1. The molecule has 3 aromatic rings. The van der Waals surface area contributed by atoms with Crippen LogP contribution < -0.4 is 5.56 Å². The summed E-state index contributed by atoms with van der Waals surface area (Å²) in [6.07, 6.45) is 6.92. The Bertz CT molecular complexity index is 1200. The van der Waals surface area contributed by atoms with E-state index in [1.165, 1.54) is 22.3 Å². The maximum atomic E-state index is 12.7. The Hall–Kier alpha value is -2.75. The molecule has 2 heterocycles. The number of hydrogen-bond donors (Lipinski definition) is 1. The van der Waals surface area contributed by atoms with Gasteiger partial charge < -0.3 is 4.98 Å². The fraction of sp³-hybridized carbons (Fsp3) is 0.238. The summed E-state index contributed by atoms with van der Waals surface area (Å²) < 4.78 is 0. The van der Waals surface area contributed by atoms with Crippen LogP contribution in [0, 0.1) is 11.3 Å². The lowest BCUT2D eigenvalue weighted by Crippen LogP contribution is -2.18. The van der Waals surface area contributed by atoms with Crippen LogP contribution in [-0.2, 0) is 17.6 Å². The summed E-state index contributed by atoms with van der Waals surface area (Å²) in [5, 5.41) is 10.7. The molecule has 0 bridgehead atoms. The van der Waals surface area contributed by atoms with Crippen molar-refractivity contribution in [3.8, 4) is 6.07 Å². The van der Waals surface area contributed by atoms with Crippen LogP contribution in [0.4, 0.5) is 0 Å². The van der Waals surface area contributed by atoms with Gasteiger partial charge in [-0.3, -0.25) is 9.59 Å². The van der Waals surface area contributed by atoms with Crippen LogP contribution in [0.3, 0.4) is 0 Å². The normalized spacial score (nSPS) is 14.7. The molecule has 1 unspecified atom stereocenters. The van der Waals surface area contributed by atoms with Crippen molar-refractivity contribution >= 4 is 45.0 Å². The lowest BCUT2D eigenvalue weighted by Gasteiger charge is -2.09. The highest BCUT2D eigenvalue weighted by molar-refractivity contribution is 7.18. The monoisotopic (exact) mass is 409 g/mol. The van der Waals surface area contributed by atoms with Gasteiger partial charge in [0.1, 0.15) is 10.7 Å². The maximum Gasteiger partial charge on any atom is 0.259 e. The molecule has 0 spiro atoms. The second kappa shape index (κ2) is 7.70. The number of nitriles is 1. The number of H-pyrrole nitrogens is 1. The van der Waals surface area contributed by atoms with Crippen LogP contribution >= 0.6 is 22.9 Å². The lowest BCUT2D eigenvalue weighted by atomic mass is 9.97. The number of nitrogens with zero attached hydrogens (tertiary/aromatic N) is 2. The SMILES string of the molecule is N#CC(C(=O)/C=C/c1cccc(Cl)c1)c1nc2sc3c(c2c(=O)[nH]1)CCCC3. The first-order valence-electron chi connectivity index (χ1n) is 8.98. The third-order valence-electron chi connectivity index (χ3n) is 4.82. The summed E-state index contributed by atoms with van der Waals surface area (Å²) in [4.78, 5) is 34.2. The fourth-order valence-electron chi connectivity index (χ4n) is 3.46. The molecule has 2 aromatic heterocycles. The third kappa shape index (κ3) is 3.51. The topological polar surface area (TPSA) is 86.6 Å². The minimum absolute atomic E-state index is 0.0966. The summed E-state index contributed by atoms with van der Waals surface area (Å²) in [5.74, 6) is -1.50. The molecule has 1 aliphatic carbocycles. The van der Waals surface area contributed by atoms with E-state index < -0.39 is 11.7 Å². The molecule has 0 saturated heterocycles. The number of ketones is 1. The largest absolute Gasteiger partial charge is 0.308 e. The van der Waals surface area contributed by atoms with Crippen molar-refractivity contribution in [1.29, 1.82) is 5.26 Å². The Morgan fingerprint density at radius 1 is 1.36 bits per heavy atom. The average Bonchev–Trinajstić information content (AvgIpc) is 3.06. The molecule has 5 nitrogen and oxygen atoms in total. The first-order valence-corrected chi connectivity index (χ1v) is 10.2. The Kier molecular flexibility index (Phi) is 5.12. The van der Waals surface area contributed by atoms with Crippen molar-refractivity contribution in [2.75, 3.05) is 0 Å². The molecule has 28 heavy (non-hydrogen) atoms. The number of halogens is 1. The van der Waals surface area contributed by atoms with E-state index >= 15 is 0 Å². The molecule has 1 aliphatic rings. The predicted octanol–water partition coefficient (Wildman–Crippen LogP) is 4.41. The van der Waals surface area contributed by atoms with E-state index in [-0.39, 0.29) is 11.4 Å². The molecular formula is C21H16ClN3O2S. The van der Waals surface area contributed by atoms with Crippen LogP contribution in [0.1, 0.15) is 40.6 Å². The predicted molar refractivity (Wildman–Crippen MR) is 111 cm³/mol. The van der Waals surface area contributed by atoms with E-state index in [0.29, 0.717) is 15.2 Å². The number of aromatic nitrogens is 2. The standard InChI is InChI=1S/C21H16ClN3O2S/c22-13-5-3-4-12(10-13)8-9-16(26)15(11-23)19-24-20(27)18-14-6-1-2-7-17(14)28-21(18)25-19/h3-5,8-10,15H,1-2,6-7H2,(H,24,25,27)/b9-8+. The lowest BCUT2D eigenvalue weighted by molar-refractivity contribution is -0.114. The smallest absolute Gasteiger partial charge is 0.259 e. The number of rotatable bonds is 4. The van der Waals surface area contributed by atoms with Crippen molar-refractivity contribution in [3.63, 3.8) is 0 Å². The molecule has 140 valence electrons. The van der Waals surface area contributed by atoms with Crippen molar-refractivity contribution in [2.24, 2.45) is 0 Å². The number of fused-ring (bicyclic) bond motifs is 3. The first kappa shape index (κ1) is 18.6. The van der Waals surface area contributed by atoms with Gasteiger partial charge >= 0.3 is 0 Å². The highest BCUT2D eigenvalue weighted by Crippen LogP contribution is 2.34. The third-order valence-corrected chi connectivity index (χ3v) is 6.24. The van der Waals surface area contributed by atoms with Gasteiger partial charge in [-0.2, -0.15) is 5.26 Å². The molecule has 0 aliphatic heterocycles. The molecule has 1 N–H and O–H groups in total. The van der Waals surface area contributed by atoms with E-state index in [1.807, 2.05) is 6.07 Å². The van der Waals surface area contributed by atoms with Gasteiger partial charge in [-0.05, 0) is 55.0 Å². The summed E-state index contributed by atoms with van der Waals surface area (Å²) >= 11 is 7.44. The number of hydrogen-bond acceptors (Lipinski definition) is 5. The van der Waals surface area contributed by atoms with E-state index in [1.54, 1.807) is 30.3 Å². The highest BCUT2D eigenvalue weighted by Gasteiger charge is 2.25. The number of allylic oxidation sites excluding steroid dienone is 1. The van der Waals surface area contributed by atoms with E-state index in [9.17, 15) is 14.9 Å². The van der Waals surface area contributed by atoms with Gasteiger partial charge in [0.15, 0.2) is 11.7 Å². The molecule has 0 saturated carbocycles. The summed E-state index contributed by atoms with van der Waals surface area (Å²) in [7, 11) is 0. The van der Waals surface area contributed by atoms with E-state index in [0.717, 1.165) is 36.8 Å². The van der Waals surface area contributed by atoms with Gasteiger partial charge in [-0.1, -0.05) is 29.8 Å². The van der Waals surface area contributed by atoms with Gasteiger partial charge in [0.05, 0.1) is 11.5 Å². The van der Waals surface area contributed by atoms with Crippen LogP contribution in [0.15, 0.2) is 35.1 Å². The van der Waals surface area contributed by atoms with Crippen molar-refractivity contribution in [2.45, 2.75) is 31.6 Å². The minimum Gasteiger partial charge on any atom is -0.308 e. The van der Waals surface area contributed by atoms with E-state index in [4.69, 9.17) is 11.6 Å². The van der Waals surface area contributed by atoms with Crippen LogP contribution in [0.25, 0.3) is 16.3 Å². The summed E-state index contributed by atoms with van der Waals surface area (Å²) in [6.45, 7) is 0. The Balaban J connectivity index is 1.68. The van der Waals surface area contributed by atoms with Gasteiger partial charge in [0, 0.05) is 9.90 Å². The van der Waals surface area contributed by atoms with Crippen LogP contribution in [-0.4, -0.2) is 15.8 Å². The zero-order valence-electron chi connectivity index (χ0n) is 14.9. The van der Waals surface area contributed by atoms with Crippen molar-refractivity contribution < 1.29 is 4.79 Å². The fourth-order valence-corrected chi connectivity index (χ4v) is 4.93. The average molecular weight is 410 g/mol. The van der Waals surface area contributed by atoms with Crippen LogP contribution in [0.2, 0.25) is 5.02 Å². The van der Waals surface area contributed by atoms with Crippen molar-refractivity contribution in [3.05, 3.63) is 67.5 Å². The number of carbonyl (C=O) groups excluding carboxylic acids is 1. The maximum absolute atomic E-state index is 12.7. The zero-order chi connectivity index (χ0) is 19.7. The minimum atomic E-state index is -1.16. The number of aryl methyl sites for hydroxylation is 2. The second-order valence-electron chi connectivity index (χ2n) is 6.70. The van der Waals surface area contributed by atoms with Crippen LogP contribution in [0.5, 0.6) is 0 Å². The molecule has 4 rings (SSSR count). The molecular weight excluding hydrogens is 394 g/mol. The molecule has 0 radical (unpaired) electrons. The molecule has 1 atom stereocenters. The number of benzene rings is 1. The molecule has 1 aromatic carbocycles. The Morgan fingerprint density at radius 3 is 2.96 bits per heavy atom. The van der Waals surface area contributed by atoms with Gasteiger partial charge in [0.25, 0.3) is 5.56 Å². The molecule has 0 fully saturated rings. The highest BCUT2D eigenvalue weighted by atomic mass is 35.5. The molecule has 0 amide bonds. The quantitative estimate of drug-likeness (QED) is 0.646. The Labute approximate surface area is 170 Å². The summed E-state index contributed by atoms with van der Waals surface area (Å²) in [5.41, 5.74) is 1.55. The number of nitrogens with one attached hydrogen (secondary N) is 1. The second-order valence-corrected chi connectivity index (χ2v) is 8.22. The molecule has 7 heteroatoms.